The molecule has 4 fully saturated rings. The minimum absolute atomic E-state index is 1.34. The Morgan fingerprint density at radius 3 is 0.714 bits per heavy atom. The average molecular weight is 395 g/mol. The van der Waals surface area contributed by atoms with Crippen LogP contribution in [0.1, 0.15) is 103 Å². The predicted molar refractivity (Wildman–Crippen MR) is 94.6 cm³/mol. The van der Waals surface area contributed by atoms with Crippen molar-refractivity contribution in [1.82, 2.24) is 0 Å². The molecule has 0 N–H and O–H groups in total. The molecule has 0 unspecified atom stereocenters. The fourth-order valence-corrected chi connectivity index (χ4v) is 35.2. The van der Waals surface area contributed by atoms with Crippen LogP contribution in [0.4, 0.5) is 0 Å². The minimum atomic E-state index is -2.03. The molecule has 0 bridgehead atoms. The van der Waals surface area contributed by atoms with Gasteiger partial charge < -0.3 is 0 Å². The molecular weight excluding hydrogens is 359 g/mol. The van der Waals surface area contributed by atoms with Crippen molar-refractivity contribution in [2.45, 2.75) is 118 Å². The Balaban J connectivity index is 1.71. The summed E-state index contributed by atoms with van der Waals surface area (Å²) in [6, 6.07) is 0. The monoisotopic (exact) mass is 396 g/mol. The zero-order valence-corrected chi connectivity index (χ0v) is 17.0. The SMILES string of the molecule is C1CC[CH]([Sn]([CH]2CCCC2)([CH]2CCCC2)[CH]2CCCC2)C1. The molecule has 0 saturated heterocycles. The quantitative estimate of drug-likeness (QED) is 0.441. The number of hydrogen-bond acceptors (Lipinski definition) is 0. The summed E-state index contributed by atoms with van der Waals surface area (Å²) in [6.45, 7) is 0. The van der Waals surface area contributed by atoms with Crippen LogP contribution >= 0.6 is 0 Å². The maximum absolute atomic E-state index is 2.03. The van der Waals surface area contributed by atoms with Crippen molar-refractivity contribution in [3.05, 3.63) is 0 Å². The fraction of sp³-hybridized carbons (Fsp3) is 1.00. The number of hydrogen-bond donors (Lipinski definition) is 0. The van der Waals surface area contributed by atoms with Crippen LogP contribution in [0.2, 0.25) is 15.7 Å². The normalized spacial score (nSPS) is 30.9. The Kier molecular flexibility index (Phi) is 4.92. The summed E-state index contributed by atoms with van der Waals surface area (Å²) in [5.41, 5.74) is 0. The predicted octanol–water partition coefficient (Wildman–Crippen LogP) is 7.21. The summed E-state index contributed by atoms with van der Waals surface area (Å²) in [4.78, 5) is 0. The molecule has 1 heteroatoms. The third-order valence-electron chi connectivity index (χ3n) is 8.25. The van der Waals surface area contributed by atoms with E-state index in [-0.39, 0.29) is 0 Å². The first-order chi connectivity index (χ1) is 10.4. The molecule has 4 rings (SSSR count). The summed E-state index contributed by atoms with van der Waals surface area (Å²) in [6.07, 6.45) is 26.4. The first-order valence-corrected chi connectivity index (χ1v) is 17.0. The van der Waals surface area contributed by atoms with Gasteiger partial charge in [0.2, 0.25) is 0 Å². The molecule has 0 amide bonds. The zero-order chi connectivity index (χ0) is 14.1. The summed E-state index contributed by atoms with van der Waals surface area (Å²) in [5, 5.41) is 0. The molecule has 4 aliphatic rings. The third-order valence-corrected chi connectivity index (χ3v) is 31.0. The summed E-state index contributed by atoms with van der Waals surface area (Å²) in [7, 11) is 0. The molecule has 21 heavy (non-hydrogen) atoms. The van der Waals surface area contributed by atoms with Crippen molar-refractivity contribution in [2.24, 2.45) is 0 Å². The summed E-state index contributed by atoms with van der Waals surface area (Å²) in [5.74, 6) is 0. The second-order valence-electron chi connectivity index (χ2n) is 8.93. The van der Waals surface area contributed by atoms with Crippen LogP contribution in [0.25, 0.3) is 0 Å². The van der Waals surface area contributed by atoms with Crippen molar-refractivity contribution in [2.75, 3.05) is 0 Å². The van der Waals surface area contributed by atoms with Crippen LogP contribution in [-0.4, -0.2) is 18.4 Å². The first kappa shape index (κ1) is 15.3. The van der Waals surface area contributed by atoms with Gasteiger partial charge >= 0.3 is 137 Å². The van der Waals surface area contributed by atoms with E-state index in [0.29, 0.717) is 0 Å². The molecule has 4 aliphatic carbocycles. The Hall–Kier alpha value is 0.799. The van der Waals surface area contributed by atoms with E-state index in [1.165, 1.54) is 15.7 Å². The van der Waals surface area contributed by atoms with Gasteiger partial charge in [-0.05, 0) is 0 Å². The van der Waals surface area contributed by atoms with E-state index in [2.05, 4.69) is 0 Å². The average Bonchev–Trinajstić information content (AvgIpc) is 3.32. The van der Waals surface area contributed by atoms with Gasteiger partial charge in [0.25, 0.3) is 0 Å². The molecule has 0 atom stereocenters. The van der Waals surface area contributed by atoms with Gasteiger partial charge in [-0.2, -0.15) is 0 Å². The topological polar surface area (TPSA) is 0 Å². The second kappa shape index (κ2) is 6.73. The van der Waals surface area contributed by atoms with Gasteiger partial charge in [0.1, 0.15) is 0 Å². The molecule has 0 radical (unpaired) electrons. The van der Waals surface area contributed by atoms with Crippen LogP contribution in [0.5, 0.6) is 0 Å². The van der Waals surface area contributed by atoms with Crippen LogP contribution in [0, 0.1) is 0 Å². The third kappa shape index (κ3) is 2.64. The van der Waals surface area contributed by atoms with Gasteiger partial charge in [0, 0.05) is 0 Å². The summed E-state index contributed by atoms with van der Waals surface area (Å²) < 4.78 is 5.37. The zero-order valence-electron chi connectivity index (χ0n) is 14.1. The Morgan fingerprint density at radius 1 is 0.333 bits per heavy atom. The first-order valence-electron chi connectivity index (χ1n) is 10.4. The Morgan fingerprint density at radius 2 is 0.524 bits per heavy atom. The molecule has 0 nitrogen and oxygen atoms in total. The molecule has 0 aromatic carbocycles. The van der Waals surface area contributed by atoms with Crippen molar-refractivity contribution in [3.8, 4) is 0 Å². The van der Waals surface area contributed by atoms with E-state index >= 15 is 0 Å². The molecule has 0 heterocycles. The molecule has 0 aliphatic heterocycles. The molecular formula is C20H36Sn. The molecule has 0 aromatic heterocycles. The van der Waals surface area contributed by atoms with Crippen LogP contribution < -0.4 is 0 Å². The molecule has 120 valence electrons. The standard InChI is InChI=1S/4C5H9.Sn/c4*1-2-4-5-3-1;/h4*1H,2-5H2;. The molecule has 0 spiro atoms. The van der Waals surface area contributed by atoms with Crippen molar-refractivity contribution in [3.63, 3.8) is 0 Å². The maximum atomic E-state index is 1.69. The molecule has 4 saturated carbocycles. The Labute approximate surface area is 136 Å². The van der Waals surface area contributed by atoms with E-state index in [9.17, 15) is 0 Å². The Bertz CT molecular complexity index is 256. The van der Waals surface area contributed by atoms with E-state index in [1.54, 1.807) is 103 Å². The van der Waals surface area contributed by atoms with Crippen molar-refractivity contribution >= 4 is 18.4 Å². The van der Waals surface area contributed by atoms with Crippen LogP contribution in [0.15, 0.2) is 0 Å². The van der Waals surface area contributed by atoms with Crippen LogP contribution in [0.3, 0.4) is 0 Å². The second-order valence-corrected chi connectivity index (χ2v) is 24.0. The van der Waals surface area contributed by atoms with Crippen molar-refractivity contribution in [1.29, 1.82) is 0 Å². The van der Waals surface area contributed by atoms with Gasteiger partial charge in [-0.3, -0.25) is 0 Å². The number of rotatable bonds is 4. The van der Waals surface area contributed by atoms with Gasteiger partial charge in [-0.1, -0.05) is 0 Å². The summed E-state index contributed by atoms with van der Waals surface area (Å²) >= 11 is -2.03. The van der Waals surface area contributed by atoms with E-state index < -0.39 is 18.4 Å². The van der Waals surface area contributed by atoms with E-state index in [4.69, 9.17) is 0 Å². The van der Waals surface area contributed by atoms with Gasteiger partial charge in [-0.15, -0.1) is 0 Å². The van der Waals surface area contributed by atoms with Gasteiger partial charge in [0.15, 0.2) is 0 Å². The molecule has 0 aromatic rings. The van der Waals surface area contributed by atoms with Crippen LogP contribution in [-0.2, 0) is 0 Å². The fourth-order valence-electron chi connectivity index (χ4n) is 7.70. The van der Waals surface area contributed by atoms with Crippen molar-refractivity contribution < 1.29 is 0 Å². The van der Waals surface area contributed by atoms with Gasteiger partial charge in [0.05, 0.1) is 0 Å². The van der Waals surface area contributed by atoms with Gasteiger partial charge in [-0.25, -0.2) is 0 Å². The van der Waals surface area contributed by atoms with E-state index in [1.807, 2.05) is 0 Å². The van der Waals surface area contributed by atoms with E-state index in [0.717, 1.165) is 0 Å².